The highest BCUT2D eigenvalue weighted by Gasteiger charge is 2.71. The highest BCUT2D eigenvalue weighted by atomic mass is 32.2. The predicted octanol–water partition coefficient (Wildman–Crippen LogP) is 2.47. The van der Waals surface area contributed by atoms with E-state index in [1.807, 2.05) is 0 Å². The summed E-state index contributed by atoms with van der Waals surface area (Å²) >= 11 is 1.03. The van der Waals surface area contributed by atoms with Gasteiger partial charge in [-0.15, -0.1) is 0 Å². The Bertz CT molecular complexity index is 818. The minimum atomic E-state index is -1.40. The zero-order valence-electron chi connectivity index (χ0n) is 13.4. The van der Waals surface area contributed by atoms with Gasteiger partial charge in [0.15, 0.2) is 16.8 Å². The van der Waals surface area contributed by atoms with Crippen molar-refractivity contribution in [2.45, 2.75) is 30.6 Å². The third-order valence-corrected chi connectivity index (χ3v) is 5.89. The number of carbonyl (C=O) groups is 1. The van der Waals surface area contributed by atoms with Crippen molar-refractivity contribution in [3.05, 3.63) is 39.4 Å². The topological polar surface area (TPSA) is 108 Å². The zero-order chi connectivity index (χ0) is 18.6. The normalized spacial score (nSPS) is 30.2. The van der Waals surface area contributed by atoms with Crippen LogP contribution in [0.25, 0.3) is 0 Å². The molecule has 0 bridgehead atoms. The van der Waals surface area contributed by atoms with Crippen molar-refractivity contribution in [1.82, 2.24) is 0 Å². The van der Waals surface area contributed by atoms with E-state index in [4.69, 9.17) is 10.5 Å². The van der Waals surface area contributed by atoms with Gasteiger partial charge in [-0.25, -0.2) is 8.78 Å². The van der Waals surface area contributed by atoms with Crippen LogP contribution in [0.2, 0.25) is 0 Å². The highest BCUT2D eigenvalue weighted by Crippen LogP contribution is 2.66. The van der Waals surface area contributed by atoms with Gasteiger partial charge in [0.1, 0.15) is 4.75 Å². The Morgan fingerprint density at radius 3 is 2.84 bits per heavy atom. The average molecular weight is 371 g/mol. The van der Waals surface area contributed by atoms with Gasteiger partial charge in [-0.1, -0.05) is 11.8 Å². The number of esters is 1. The lowest BCUT2D eigenvalue weighted by molar-refractivity contribution is -0.385. The summed E-state index contributed by atoms with van der Waals surface area (Å²) in [6, 6.07) is 1.46. The van der Waals surface area contributed by atoms with Crippen molar-refractivity contribution in [3.8, 4) is 0 Å². The van der Waals surface area contributed by atoms with Crippen molar-refractivity contribution < 1.29 is 23.2 Å². The van der Waals surface area contributed by atoms with Gasteiger partial charge in [0.2, 0.25) is 0 Å². The van der Waals surface area contributed by atoms with Gasteiger partial charge in [0.25, 0.3) is 5.69 Å². The second-order valence-corrected chi connectivity index (χ2v) is 7.46. The molecule has 1 aromatic rings. The summed E-state index contributed by atoms with van der Waals surface area (Å²) in [7, 11) is 0. The number of fused-ring (bicyclic) bond motifs is 1. The Hall–Kier alpha value is -2.23. The van der Waals surface area contributed by atoms with Crippen LogP contribution in [0.15, 0.2) is 17.1 Å². The summed E-state index contributed by atoms with van der Waals surface area (Å²) < 4.78 is 32.4. The Balaban J connectivity index is 2.12. The summed E-state index contributed by atoms with van der Waals surface area (Å²) in [4.78, 5) is 26.7. The summed E-state index contributed by atoms with van der Waals surface area (Å²) in [5, 5.41) is 11.0. The number of nitrogens with two attached hydrogens (primary N) is 1. The third-order valence-electron chi connectivity index (χ3n) is 4.61. The first-order valence-corrected chi connectivity index (χ1v) is 8.33. The number of benzene rings is 1. The summed E-state index contributed by atoms with van der Waals surface area (Å²) in [6.07, 6.45) is 0.306. The molecule has 10 heteroatoms. The zero-order valence-corrected chi connectivity index (χ0v) is 14.2. The van der Waals surface area contributed by atoms with Gasteiger partial charge < -0.3 is 10.5 Å². The Kier molecular flexibility index (Phi) is 3.98. The monoisotopic (exact) mass is 371 g/mol. The lowest BCUT2D eigenvalue weighted by Gasteiger charge is -2.33. The number of hydrogen-bond donors (Lipinski definition) is 1. The molecule has 0 spiro atoms. The molecule has 1 aliphatic heterocycles. The highest BCUT2D eigenvalue weighted by molar-refractivity contribution is 8.15. The second kappa shape index (κ2) is 5.65. The lowest BCUT2D eigenvalue weighted by Crippen LogP contribution is -2.40. The smallest absolute Gasteiger partial charge is 0.323 e. The van der Waals surface area contributed by atoms with Crippen LogP contribution in [-0.2, 0) is 15.1 Å². The van der Waals surface area contributed by atoms with Crippen LogP contribution >= 0.6 is 11.8 Å². The second-order valence-electron chi connectivity index (χ2n) is 6.11. The van der Waals surface area contributed by atoms with Crippen LogP contribution in [0, 0.1) is 27.7 Å². The lowest BCUT2D eigenvalue weighted by atomic mass is 9.85. The molecule has 1 fully saturated rings. The van der Waals surface area contributed by atoms with E-state index >= 15 is 0 Å². The number of aliphatic imine (C=N–C) groups is 1. The van der Waals surface area contributed by atoms with Gasteiger partial charge in [0, 0.05) is 17.5 Å². The van der Waals surface area contributed by atoms with Crippen LogP contribution in [0.1, 0.15) is 25.8 Å². The number of nitro groups is 1. The first kappa shape index (κ1) is 17.6. The number of halogens is 2. The number of thioether (sulfide) groups is 1. The minimum Gasteiger partial charge on any atom is -0.465 e. The van der Waals surface area contributed by atoms with Crippen molar-refractivity contribution >= 4 is 28.6 Å². The Morgan fingerprint density at radius 1 is 1.56 bits per heavy atom. The molecule has 3 rings (SSSR count). The fourth-order valence-electron chi connectivity index (χ4n) is 3.34. The molecular weight excluding hydrogens is 356 g/mol. The minimum absolute atomic E-state index is 0.0237. The maximum Gasteiger partial charge on any atom is 0.323 e. The summed E-state index contributed by atoms with van der Waals surface area (Å²) in [5.41, 5.74) is 3.54. The molecule has 2 aliphatic rings. The van der Waals surface area contributed by atoms with Crippen molar-refractivity contribution in [3.63, 3.8) is 0 Å². The first-order chi connectivity index (χ1) is 11.7. The van der Waals surface area contributed by atoms with Crippen molar-refractivity contribution in [1.29, 1.82) is 0 Å². The molecule has 0 saturated heterocycles. The number of rotatable bonds is 4. The number of nitrogens with zero attached hydrogens (tertiary/aromatic N) is 2. The van der Waals surface area contributed by atoms with E-state index in [0.717, 1.165) is 17.8 Å². The van der Waals surface area contributed by atoms with Gasteiger partial charge >= 0.3 is 5.97 Å². The maximum atomic E-state index is 14.4. The molecule has 1 saturated carbocycles. The molecule has 3 atom stereocenters. The number of non-ortho nitro benzene ring substituents is 1. The van der Waals surface area contributed by atoms with Crippen LogP contribution in [0.3, 0.4) is 0 Å². The SMILES string of the molecule is CCOC(=O)[C@]12C[C@H]1[C@@](C)(c1cc([N+](=O)[O-])cc(F)c1F)N=C(N)S2. The average Bonchev–Trinajstić information content (AvgIpc) is 3.26. The van der Waals surface area contributed by atoms with Crippen LogP contribution in [0.4, 0.5) is 14.5 Å². The quantitative estimate of drug-likeness (QED) is 0.495. The molecule has 1 aliphatic carbocycles. The van der Waals surface area contributed by atoms with Gasteiger partial charge in [-0.3, -0.25) is 19.9 Å². The van der Waals surface area contributed by atoms with E-state index in [0.29, 0.717) is 12.5 Å². The molecular formula is C15H15F2N3O4S. The number of carbonyl (C=O) groups excluding carboxylic acids is 1. The molecule has 25 heavy (non-hydrogen) atoms. The molecule has 2 N–H and O–H groups in total. The standard InChI is InChI=1S/C15H15F2N3O4S/c1-3-24-12(21)15-6-10(15)14(2,19-13(18)25-15)8-4-7(20(22)23)5-9(16)11(8)17/h4-5,10H,3,6H2,1-2H3,(H2,18,19)/t10-,14+,15-/m0/s1. The number of nitro benzene ring substituents is 1. The fraction of sp³-hybridized carbons (Fsp3) is 0.467. The van der Waals surface area contributed by atoms with Crippen molar-refractivity contribution in [2.24, 2.45) is 16.6 Å². The molecule has 1 heterocycles. The summed E-state index contributed by atoms with van der Waals surface area (Å²) in [5.74, 6) is -3.59. The van der Waals surface area contributed by atoms with Crippen LogP contribution < -0.4 is 5.73 Å². The van der Waals surface area contributed by atoms with E-state index in [9.17, 15) is 23.7 Å². The third kappa shape index (κ3) is 2.55. The van der Waals surface area contributed by atoms with Gasteiger partial charge in [0.05, 0.1) is 23.1 Å². The molecule has 1 aromatic carbocycles. The first-order valence-electron chi connectivity index (χ1n) is 7.51. The molecule has 0 radical (unpaired) electrons. The largest absolute Gasteiger partial charge is 0.465 e. The molecule has 7 nitrogen and oxygen atoms in total. The molecule has 0 amide bonds. The van der Waals surface area contributed by atoms with E-state index in [-0.39, 0.29) is 17.3 Å². The fourth-order valence-corrected chi connectivity index (χ4v) is 4.72. The Morgan fingerprint density at radius 2 is 2.24 bits per heavy atom. The predicted molar refractivity (Wildman–Crippen MR) is 87.0 cm³/mol. The van der Waals surface area contributed by atoms with E-state index in [1.54, 1.807) is 6.92 Å². The Labute approximate surface area is 145 Å². The van der Waals surface area contributed by atoms with E-state index in [2.05, 4.69) is 4.99 Å². The van der Waals surface area contributed by atoms with Crippen molar-refractivity contribution in [2.75, 3.05) is 6.61 Å². The van der Waals surface area contributed by atoms with Gasteiger partial charge in [-0.05, 0) is 20.3 Å². The van der Waals surface area contributed by atoms with Crippen LogP contribution in [-0.4, -0.2) is 27.4 Å². The van der Waals surface area contributed by atoms with E-state index < -0.39 is 44.4 Å². The van der Waals surface area contributed by atoms with E-state index in [1.165, 1.54) is 6.92 Å². The number of hydrogen-bond acceptors (Lipinski definition) is 7. The summed E-state index contributed by atoms with van der Waals surface area (Å²) in [6.45, 7) is 3.32. The molecule has 0 unspecified atom stereocenters. The number of ether oxygens (including phenoxy) is 1. The molecule has 134 valence electrons. The molecule has 0 aromatic heterocycles. The van der Waals surface area contributed by atoms with Crippen LogP contribution in [0.5, 0.6) is 0 Å². The number of amidine groups is 1. The van der Waals surface area contributed by atoms with Gasteiger partial charge in [-0.2, -0.15) is 0 Å². The maximum absolute atomic E-state index is 14.4.